The lowest BCUT2D eigenvalue weighted by molar-refractivity contribution is 0.252. The Morgan fingerprint density at radius 2 is 2.18 bits per heavy atom. The molecule has 1 heterocycles. The van der Waals surface area contributed by atoms with Crippen molar-refractivity contribution in [2.75, 3.05) is 24.3 Å². The third-order valence-corrected chi connectivity index (χ3v) is 3.34. The van der Waals surface area contributed by atoms with Gasteiger partial charge in [0.25, 0.3) is 0 Å². The molecule has 0 unspecified atom stereocenters. The molecule has 1 aromatic heterocycles. The van der Waals surface area contributed by atoms with E-state index < -0.39 is 6.03 Å². The Bertz CT molecular complexity index is 700. The van der Waals surface area contributed by atoms with Crippen LogP contribution >= 0.6 is 27.5 Å². The largest absolute Gasteiger partial charge is 0.438 e. The SMILES string of the molecule is CN(C)c1oc(/C=N/NC(=O)Nc2cccc(Cl)c2)cc1Br. The Hall–Kier alpha value is -1.99. The van der Waals surface area contributed by atoms with Gasteiger partial charge in [-0.15, -0.1) is 0 Å². The predicted octanol–water partition coefficient (Wildman–Crippen LogP) is 3.92. The number of halogens is 2. The van der Waals surface area contributed by atoms with Crippen LogP contribution in [0.25, 0.3) is 0 Å². The van der Waals surface area contributed by atoms with Crippen LogP contribution in [0.4, 0.5) is 16.4 Å². The molecule has 0 atom stereocenters. The first kappa shape index (κ1) is 16.4. The number of rotatable bonds is 4. The zero-order chi connectivity index (χ0) is 16.1. The van der Waals surface area contributed by atoms with Gasteiger partial charge in [-0.1, -0.05) is 17.7 Å². The molecule has 6 nitrogen and oxygen atoms in total. The van der Waals surface area contributed by atoms with Crippen LogP contribution < -0.4 is 15.6 Å². The zero-order valence-corrected chi connectivity index (χ0v) is 14.3. The number of amides is 2. The normalized spacial score (nSPS) is 10.7. The van der Waals surface area contributed by atoms with Gasteiger partial charge in [-0.25, -0.2) is 10.2 Å². The number of nitrogens with one attached hydrogen (secondary N) is 2. The topological polar surface area (TPSA) is 69.9 Å². The minimum absolute atomic E-state index is 0.475. The lowest BCUT2D eigenvalue weighted by Crippen LogP contribution is -2.24. The van der Waals surface area contributed by atoms with Crippen molar-refractivity contribution in [2.45, 2.75) is 0 Å². The monoisotopic (exact) mass is 384 g/mol. The molecule has 116 valence electrons. The summed E-state index contributed by atoms with van der Waals surface area (Å²) >= 11 is 9.21. The minimum atomic E-state index is -0.475. The van der Waals surface area contributed by atoms with Crippen LogP contribution in [-0.4, -0.2) is 26.3 Å². The quantitative estimate of drug-likeness (QED) is 0.619. The third kappa shape index (κ3) is 4.51. The lowest BCUT2D eigenvalue weighted by Gasteiger charge is -2.07. The Kier molecular flexibility index (Phi) is 5.46. The molecule has 0 aliphatic carbocycles. The molecule has 1 aromatic carbocycles. The summed E-state index contributed by atoms with van der Waals surface area (Å²) in [5.41, 5.74) is 2.92. The standard InChI is InChI=1S/C14H14BrClN4O2/c1-20(2)13-12(15)7-11(22-13)8-17-19-14(21)18-10-5-3-4-9(16)6-10/h3-8H,1-2H3,(H2,18,19,21)/b17-8+. The van der Waals surface area contributed by atoms with E-state index in [4.69, 9.17) is 16.0 Å². The van der Waals surface area contributed by atoms with Crippen LogP contribution in [0.3, 0.4) is 0 Å². The van der Waals surface area contributed by atoms with Crippen LogP contribution in [0.15, 0.2) is 44.3 Å². The molecule has 0 radical (unpaired) electrons. The highest BCUT2D eigenvalue weighted by Gasteiger charge is 2.09. The van der Waals surface area contributed by atoms with Gasteiger partial charge < -0.3 is 14.6 Å². The van der Waals surface area contributed by atoms with Crippen LogP contribution in [0, 0.1) is 0 Å². The molecule has 0 spiro atoms. The van der Waals surface area contributed by atoms with E-state index in [9.17, 15) is 4.79 Å². The second-order valence-corrected chi connectivity index (χ2v) is 5.82. The highest BCUT2D eigenvalue weighted by atomic mass is 79.9. The molecular formula is C14H14BrClN4O2. The molecule has 2 amide bonds. The molecule has 0 saturated carbocycles. The first-order chi connectivity index (χ1) is 10.5. The van der Waals surface area contributed by atoms with Gasteiger partial charge in [-0.3, -0.25) is 0 Å². The van der Waals surface area contributed by atoms with Crippen molar-refractivity contribution in [1.82, 2.24) is 5.43 Å². The molecule has 2 aromatic rings. The van der Waals surface area contributed by atoms with Gasteiger partial charge in [0.2, 0.25) is 5.88 Å². The number of hydrogen-bond acceptors (Lipinski definition) is 4. The molecule has 2 rings (SSSR count). The fraction of sp³-hybridized carbons (Fsp3) is 0.143. The Labute approximate surface area is 141 Å². The van der Waals surface area contributed by atoms with Gasteiger partial charge in [-0.05, 0) is 34.1 Å². The van der Waals surface area contributed by atoms with Crippen molar-refractivity contribution in [3.8, 4) is 0 Å². The summed E-state index contributed by atoms with van der Waals surface area (Å²) < 4.78 is 6.34. The third-order valence-electron chi connectivity index (χ3n) is 2.53. The van der Waals surface area contributed by atoms with Crippen molar-refractivity contribution in [3.63, 3.8) is 0 Å². The van der Waals surface area contributed by atoms with E-state index in [1.54, 1.807) is 30.3 Å². The Morgan fingerprint density at radius 3 is 2.82 bits per heavy atom. The van der Waals surface area contributed by atoms with Crippen molar-refractivity contribution >= 4 is 51.3 Å². The summed E-state index contributed by atoms with van der Waals surface area (Å²) in [5.74, 6) is 1.18. The number of carbonyl (C=O) groups excluding carboxylic acids is 1. The second kappa shape index (κ2) is 7.33. The van der Waals surface area contributed by atoms with Gasteiger partial charge in [-0.2, -0.15) is 5.10 Å². The number of nitrogens with zero attached hydrogens (tertiary/aromatic N) is 2. The average molecular weight is 386 g/mol. The van der Waals surface area contributed by atoms with E-state index >= 15 is 0 Å². The van der Waals surface area contributed by atoms with Crippen LogP contribution in [0.5, 0.6) is 0 Å². The van der Waals surface area contributed by atoms with E-state index in [2.05, 4.69) is 31.8 Å². The summed E-state index contributed by atoms with van der Waals surface area (Å²) in [6.45, 7) is 0. The van der Waals surface area contributed by atoms with Crippen LogP contribution in [0.2, 0.25) is 5.02 Å². The van der Waals surface area contributed by atoms with Crippen molar-refractivity contribution < 1.29 is 9.21 Å². The van der Waals surface area contributed by atoms with Gasteiger partial charge in [0.15, 0.2) is 5.76 Å². The van der Waals surface area contributed by atoms with E-state index in [0.717, 1.165) is 4.47 Å². The zero-order valence-electron chi connectivity index (χ0n) is 11.9. The first-order valence-electron chi connectivity index (χ1n) is 6.28. The lowest BCUT2D eigenvalue weighted by atomic mass is 10.3. The summed E-state index contributed by atoms with van der Waals surface area (Å²) in [4.78, 5) is 13.5. The van der Waals surface area contributed by atoms with Gasteiger partial charge in [0, 0.05) is 30.9 Å². The number of furan rings is 1. The molecule has 8 heteroatoms. The van der Waals surface area contributed by atoms with Gasteiger partial charge in [0.05, 0.1) is 10.7 Å². The van der Waals surface area contributed by atoms with Crippen molar-refractivity contribution in [1.29, 1.82) is 0 Å². The molecule has 0 aliphatic rings. The molecule has 0 aliphatic heterocycles. The summed E-state index contributed by atoms with van der Waals surface area (Å²) in [6.07, 6.45) is 1.41. The fourth-order valence-electron chi connectivity index (χ4n) is 1.62. The summed E-state index contributed by atoms with van der Waals surface area (Å²) in [7, 11) is 3.72. The summed E-state index contributed by atoms with van der Waals surface area (Å²) in [6, 6.07) is 8.11. The highest BCUT2D eigenvalue weighted by Crippen LogP contribution is 2.27. The minimum Gasteiger partial charge on any atom is -0.438 e. The van der Waals surface area contributed by atoms with E-state index in [1.165, 1.54) is 6.21 Å². The number of hydrogen-bond donors (Lipinski definition) is 2. The smallest absolute Gasteiger partial charge is 0.339 e. The number of urea groups is 1. The van der Waals surface area contributed by atoms with E-state index in [0.29, 0.717) is 22.4 Å². The average Bonchev–Trinajstić information content (AvgIpc) is 2.80. The number of hydrazone groups is 1. The first-order valence-corrected chi connectivity index (χ1v) is 7.45. The second-order valence-electron chi connectivity index (χ2n) is 4.53. The van der Waals surface area contributed by atoms with Gasteiger partial charge in [0.1, 0.15) is 0 Å². The maximum Gasteiger partial charge on any atom is 0.339 e. The summed E-state index contributed by atoms with van der Waals surface area (Å²) in [5, 5.41) is 6.97. The maximum atomic E-state index is 11.7. The number of anilines is 2. The van der Waals surface area contributed by atoms with E-state index in [1.807, 2.05) is 19.0 Å². The maximum absolute atomic E-state index is 11.7. The number of benzene rings is 1. The predicted molar refractivity (Wildman–Crippen MR) is 91.9 cm³/mol. The molecule has 22 heavy (non-hydrogen) atoms. The fourth-order valence-corrected chi connectivity index (χ4v) is 2.48. The van der Waals surface area contributed by atoms with Crippen LogP contribution in [0.1, 0.15) is 5.76 Å². The molecule has 0 saturated heterocycles. The number of carbonyl (C=O) groups is 1. The highest BCUT2D eigenvalue weighted by molar-refractivity contribution is 9.10. The molecule has 0 fully saturated rings. The van der Waals surface area contributed by atoms with Crippen LogP contribution in [-0.2, 0) is 0 Å². The molecule has 2 N–H and O–H groups in total. The molecule has 0 bridgehead atoms. The Balaban J connectivity index is 1.92. The Morgan fingerprint density at radius 1 is 1.41 bits per heavy atom. The van der Waals surface area contributed by atoms with Crippen molar-refractivity contribution in [2.24, 2.45) is 5.10 Å². The molecular weight excluding hydrogens is 372 g/mol. The van der Waals surface area contributed by atoms with Gasteiger partial charge >= 0.3 is 6.03 Å². The van der Waals surface area contributed by atoms with Crippen molar-refractivity contribution in [3.05, 3.63) is 45.6 Å². The van der Waals surface area contributed by atoms with E-state index in [-0.39, 0.29) is 0 Å².